The number of amides is 1. The highest BCUT2D eigenvalue weighted by atomic mass is 32.1. The first-order chi connectivity index (χ1) is 8.10. The van der Waals surface area contributed by atoms with Crippen molar-refractivity contribution in [2.45, 2.75) is 19.9 Å². The maximum atomic E-state index is 11.7. The van der Waals surface area contributed by atoms with Crippen molar-refractivity contribution in [3.63, 3.8) is 0 Å². The number of aromatic nitrogens is 1. The van der Waals surface area contributed by atoms with Crippen LogP contribution in [0.3, 0.4) is 0 Å². The van der Waals surface area contributed by atoms with E-state index in [0.717, 1.165) is 11.3 Å². The standard InChI is InChI=1S/C10H14N2O4S/c1-3-16-10(15)8-7(11-5-17-8)9(14)12-6(2)4-13/h5-6,13H,3-4H2,1-2H3,(H,12,14). The fraction of sp³-hybridized carbons (Fsp3) is 0.500. The Morgan fingerprint density at radius 3 is 2.94 bits per heavy atom. The van der Waals surface area contributed by atoms with Crippen LogP contribution in [0, 0.1) is 0 Å². The van der Waals surface area contributed by atoms with Crippen molar-refractivity contribution in [2.24, 2.45) is 0 Å². The molecule has 1 amide bonds. The summed E-state index contributed by atoms with van der Waals surface area (Å²) >= 11 is 1.05. The minimum absolute atomic E-state index is 0.0359. The Labute approximate surface area is 103 Å². The first-order valence-corrected chi connectivity index (χ1v) is 6.00. The first kappa shape index (κ1) is 13.6. The predicted octanol–water partition coefficient (Wildman–Crippen LogP) is 0.430. The number of hydrogen-bond acceptors (Lipinski definition) is 6. The molecule has 1 atom stereocenters. The molecule has 1 heterocycles. The van der Waals surface area contributed by atoms with Gasteiger partial charge in [-0.3, -0.25) is 4.79 Å². The molecule has 0 spiro atoms. The molecule has 6 nitrogen and oxygen atoms in total. The molecule has 7 heteroatoms. The monoisotopic (exact) mass is 258 g/mol. The van der Waals surface area contributed by atoms with Crippen LogP contribution in [0.25, 0.3) is 0 Å². The van der Waals surface area contributed by atoms with E-state index < -0.39 is 11.9 Å². The molecule has 2 N–H and O–H groups in total. The summed E-state index contributed by atoms with van der Waals surface area (Å²) in [6, 6.07) is -0.390. The van der Waals surface area contributed by atoms with E-state index in [9.17, 15) is 9.59 Å². The highest BCUT2D eigenvalue weighted by Gasteiger charge is 2.22. The fourth-order valence-electron chi connectivity index (χ4n) is 1.09. The number of aliphatic hydroxyl groups is 1. The van der Waals surface area contributed by atoms with Gasteiger partial charge in [-0.2, -0.15) is 0 Å². The minimum Gasteiger partial charge on any atom is -0.462 e. The minimum atomic E-state index is -0.559. The largest absolute Gasteiger partial charge is 0.462 e. The average Bonchev–Trinajstić information content (AvgIpc) is 2.78. The van der Waals surface area contributed by atoms with Crippen molar-refractivity contribution in [1.29, 1.82) is 0 Å². The number of ether oxygens (including phenoxy) is 1. The molecule has 0 fully saturated rings. The maximum Gasteiger partial charge on any atom is 0.350 e. The molecule has 0 saturated carbocycles. The molecule has 1 rings (SSSR count). The van der Waals surface area contributed by atoms with Crippen LogP contribution < -0.4 is 5.32 Å². The van der Waals surface area contributed by atoms with Crippen LogP contribution in [-0.4, -0.2) is 41.2 Å². The van der Waals surface area contributed by atoms with Gasteiger partial charge in [0.25, 0.3) is 5.91 Å². The lowest BCUT2D eigenvalue weighted by Crippen LogP contribution is -2.35. The molecule has 0 aliphatic heterocycles. The van der Waals surface area contributed by atoms with E-state index in [-0.39, 0.29) is 29.8 Å². The summed E-state index contributed by atoms with van der Waals surface area (Å²) in [5.74, 6) is -1.05. The second-order valence-electron chi connectivity index (χ2n) is 3.31. The number of nitrogens with zero attached hydrogens (tertiary/aromatic N) is 1. The zero-order chi connectivity index (χ0) is 12.8. The number of carbonyl (C=O) groups excluding carboxylic acids is 2. The molecule has 0 aromatic carbocycles. The summed E-state index contributed by atoms with van der Waals surface area (Å²) in [5.41, 5.74) is 1.44. The SMILES string of the molecule is CCOC(=O)c1scnc1C(=O)NC(C)CO. The molecule has 1 unspecified atom stereocenters. The smallest absolute Gasteiger partial charge is 0.350 e. The van der Waals surface area contributed by atoms with Gasteiger partial charge < -0.3 is 15.2 Å². The maximum absolute atomic E-state index is 11.7. The lowest BCUT2D eigenvalue weighted by atomic mass is 10.3. The van der Waals surface area contributed by atoms with Gasteiger partial charge in [0, 0.05) is 6.04 Å². The molecule has 0 aliphatic rings. The Bertz CT molecular complexity index is 405. The van der Waals surface area contributed by atoms with Gasteiger partial charge >= 0.3 is 5.97 Å². The molecule has 0 aliphatic carbocycles. The third-order valence-electron chi connectivity index (χ3n) is 1.89. The van der Waals surface area contributed by atoms with Gasteiger partial charge in [0.15, 0.2) is 5.69 Å². The van der Waals surface area contributed by atoms with Crippen LogP contribution in [0.4, 0.5) is 0 Å². The van der Waals surface area contributed by atoms with Gasteiger partial charge in [0.2, 0.25) is 0 Å². The molecule has 0 saturated heterocycles. The van der Waals surface area contributed by atoms with Crippen LogP contribution in [0.2, 0.25) is 0 Å². The second-order valence-corrected chi connectivity index (χ2v) is 4.16. The fourth-order valence-corrected chi connectivity index (χ4v) is 1.76. The second kappa shape index (κ2) is 6.31. The van der Waals surface area contributed by atoms with Crippen molar-refractivity contribution < 1.29 is 19.4 Å². The Morgan fingerprint density at radius 1 is 1.65 bits per heavy atom. The van der Waals surface area contributed by atoms with Crippen molar-refractivity contribution >= 4 is 23.2 Å². The summed E-state index contributed by atoms with van der Waals surface area (Å²) < 4.78 is 4.81. The summed E-state index contributed by atoms with van der Waals surface area (Å²) in [6.07, 6.45) is 0. The van der Waals surface area contributed by atoms with Crippen molar-refractivity contribution in [3.05, 3.63) is 16.1 Å². The van der Waals surface area contributed by atoms with Gasteiger partial charge in [0.1, 0.15) is 4.88 Å². The molecular formula is C10H14N2O4S. The zero-order valence-corrected chi connectivity index (χ0v) is 10.4. The van der Waals surface area contributed by atoms with Gasteiger partial charge in [-0.05, 0) is 13.8 Å². The van der Waals surface area contributed by atoms with E-state index in [1.165, 1.54) is 5.51 Å². The lowest BCUT2D eigenvalue weighted by molar-refractivity contribution is 0.0527. The number of nitrogens with one attached hydrogen (secondary N) is 1. The van der Waals surface area contributed by atoms with Crippen molar-refractivity contribution in [3.8, 4) is 0 Å². The third kappa shape index (κ3) is 3.50. The molecule has 1 aromatic rings. The Balaban J connectivity index is 2.81. The molecule has 17 heavy (non-hydrogen) atoms. The van der Waals surface area contributed by atoms with Crippen LogP contribution in [0.1, 0.15) is 34.0 Å². The Hall–Kier alpha value is -1.47. The Kier molecular flexibility index (Phi) is 5.05. The molecule has 0 radical (unpaired) electrons. The average molecular weight is 258 g/mol. The van der Waals surface area contributed by atoms with Crippen LogP contribution in [0.5, 0.6) is 0 Å². The van der Waals surface area contributed by atoms with E-state index in [1.807, 2.05) is 0 Å². The topological polar surface area (TPSA) is 88.5 Å². The van der Waals surface area contributed by atoms with Gasteiger partial charge in [-0.25, -0.2) is 9.78 Å². The Morgan fingerprint density at radius 2 is 2.35 bits per heavy atom. The number of aliphatic hydroxyl groups excluding tert-OH is 1. The molecule has 94 valence electrons. The zero-order valence-electron chi connectivity index (χ0n) is 9.60. The number of thiazole rings is 1. The molecule has 0 bridgehead atoms. The van der Waals surface area contributed by atoms with E-state index in [0.29, 0.717) is 0 Å². The van der Waals surface area contributed by atoms with Gasteiger partial charge in [0.05, 0.1) is 18.7 Å². The predicted molar refractivity (Wildman–Crippen MR) is 62.1 cm³/mol. The highest BCUT2D eigenvalue weighted by molar-refractivity contribution is 7.12. The lowest BCUT2D eigenvalue weighted by Gasteiger charge is -2.09. The molecule has 1 aromatic heterocycles. The van der Waals surface area contributed by atoms with Crippen LogP contribution in [-0.2, 0) is 4.74 Å². The van der Waals surface area contributed by atoms with E-state index >= 15 is 0 Å². The summed E-state index contributed by atoms with van der Waals surface area (Å²) in [6.45, 7) is 3.40. The molecular weight excluding hydrogens is 244 g/mol. The number of esters is 1. The van der Waals surface area contributed by atoms with Gasteiger partial charge in [-0.1, -0.05) is 0 Å². The number of carbonyl (C=O) groups is 2. The summed E-state index contributed by atoms with van der Waals surface area (Å²) in [4.78, 5) is 27.2. The van der Waals surface area contributed by atoms with Crippen LogP contribution >= 0.6 is 11.3 Å². The van der Waals surface area contributed by atoms with E-state index in [1.54, 1.807) is 13.8 Å². The first-order valence-electron chi connectivity index (χ1n) is 5.12. The summed E-state index contributed by atoms with van der Waals surface area (Å²) in [5, 5.41) is 11.3. The van der Waals surface area contributed by atoms with Crippen molar-refractivity contribution in [1.82, 2.24) is 10.3 Å². The third-order valence-corrected chi connectivity index (χ3v) is 2.70. The van der Waals surface area contributed by atoms with Crippen molar-refractivity contribution in [2.75, 3.05) is 13.2 Å². The number of hydrogen-bond donors (Lipinski definition) is 2. The van der Waals surface area contributed by atoms with E-state index in [4.69, 9.17) is 9.84 Å². The normalized spacial score (nSPS) is 11.9. The van der Waals surface area contributed by atoms with E-state index in [2.05, 4.69) is 10.3 Å². The van der Waals surface area contributed by atoms with Gasteiger partial charge in [-0.15, -0.1) is 11.3 Å². The van der Waals surface area contributed by atoms with Crippen LogP contribution in [0.15, 0.2) is 5.51 Å². The number of rotatable bonds is 5. The quantitative estimate of drug-likeness (QED) is 0.748. The summed E-state index contributed by atoms with van der Waals surface area (Å²) in [7, 11) is 0. The highest BCUT2D eigenvalue weighted by Crippen LogP contribution is 2.14.